The molecule has 15 heavy (non-hydrogen) atoms. The van der Waals surface area contributed by atoms with Crippen LogP contribution in [-0.2, 0) is 11.3 Å². The van der Waals surface area contributed by atoms with E-state index in [9.17, 15) is 0 Å². The fourth-order valence-electron chi connectivity index (χ4n) is 1.21. The highest BCUT2D eigenvalue weighted by Gasteiger charge is 2.09. The van der Waals surface area contributed by atoms with E-state index in [0.29, 0.717) is 6.61 Å². The van der Waals surface area contributed by atoms with E-state index < -0.39 is 0 Å². The third-order valence-corrected chi connectivity index (χ3v) is 2.69. The molecule has 0 amide bonds. The monoisotopic (exact) mass is 273 g/mol. The van der Waals surface area contributed by atoms with Crippen molar-refractivity contribution in [2.24, 2.45) is 0 Å². The second kappa shape index (κ2) is 6.02. The lowest BCUT2D eigenvalue weighted by Gasteiger charge is -2.10. The van der Waals surface area contributed by atoms with Crippen molar-refractivity contribution in [2.75, 3.05) is 19.0 Å². The fraction of sp³-hybridized carbons (Fsp3) is 0.600. The minimum Gasteiger partial charge on any atom is -0.378 e. The molecule has 0 aliphatic heterocycles. The molecular formula is C10H16BrN3O. The van der Waals surface area contributed by atoms with Crippen molar-refractivity contribution < 1.29 is 4.74 Å². The maximum Gasteiger partial charge on any atom is 0.144 e. The van der Waals surface area contributed by atoms with Crippen LogP contribution in [0.1, 0.15) is 24.9 Å². The van der Waals surface area contributed by atoms with Gasteiger partial charge in [-0.15, -0.1) is 0 Å². The summed E-state index contributed by atoms with van der Waals surface area (Å²) in [6.45, 7) is 5.39. The SMILES string of the molecule is CCCNc1nc(C)nc(COC)c1Br. The molecule has 1 rings (SSSR count). The molecule has 0 spiro atoms. The number of hydrogen-bond acceptors (Lipinski definition) is 4. The topological polar surface area (TPSA) is 47.0 Å². The molecule has 1 aromatic heterocycles. The zero-order chi connectivity index (χ0) is 11.3. The van der Waals surface area contributed by atoms with Crippen LogP contribution in [0.3, 0.4) is 0 Å². The van der Waals surface area contributed by atoms with Crippen molar-refractivity contribution in [2.45, 2.75) is 26.9 Å². The minimum absolute atomic E-state index is 0.491. The molecule has 0 fully saturated rings. The highest BCUT2D eigenvalue weighted by atomic mass is 79.9. The van der Waals surface area contributed by atoms with E-state index in [2.05, 4.69) is 38.1 Å². The molecule has 0 aliphatic rings. The molecule has 84 valence electrons. The molecular weight excluding hydrogens is 258 g/mol. The van der Waals surface area contributed by atoms with Gasteiger partial charge in [-0.2, -0.15) is 0 Å². The standard InChI is InChI=1S/C10H16BrN3O/c1-4-5-12-10-9(11)8(6-15-3)13-7(2)14-10/h4-6H2,1-3H3,(H,12,13,14). The van der Waals surface area contributed by atoms with Crippen molar-refractivity contribution in [3.8, 4) is 0 Å². The number of methoxy groups -OCH3 is 1. The van der Waals surface area contributed by atoms with Gasteiger partial charge in [0.05, 0.1) is 16.8 Å². The first-order valence-electron chi connectivity index (χ1n) is 4.94. The van der Waals surface area contributed by atoms with E-state index in [4.69, 9.17) is 4.74 Å². The number of aromatic nitrogens is 2. The minimum atomic E-state index is 0.491. The maximum atomic E-state index is 5.08. The average Bonchev–Trinajstić information content (AvgIpc) is 2.21. The summed E-state index contributed by atoms with van der Waals surface area (Å²) in [5.41, 5.74) is 0.878. The Morgan fingerprint density at radius 3 is 2.73 bits per heavy atom. The van der Waals surface area contributed by atoms with Crippen molar-refractivity contribution in [1.29, 1.82) is 0 Å². The summed E-state index contributed by atoms with van der Waals surface area (Å²) in [5.74, 6) is 1.60. The highest BCUT2D eigenvalue weighted by Crippen LogP contribution is 2.23. The molecule has 1 heterocycles. The van der Waals surface area contributed by atoms with Crippen molar-refractivity contribution >= 4 is 21.7 Å². The number of hydrogen-bond donors (Lipinski definition) is 1. The van der Waals surface area contributed by atoms with Crippen LogP contribution in [0.2, 0.25) is 0 Å². The van der Waals surface area contributed by atoms with Crippen LogP contribution in [0.5, 0.6) is 0 Å². The summed E-state index contributed by atoms with van der Waals surface area (Å²) >= 11 is 3.48. The lowest BCUT2D eigenvalue weighted by atomic mass is 10.3. The van der Waals surface area contributed by atoms with Gasteiger partial charge in [-0.25, -0.2) is 9.97 Å². The number of nitrogens with zero attached hydrogens (tertiary/aromatic N) is 2. The molecule has 1 aromatic rings. The van der Waals surface area contributed by atoms with Gasteiger partial charge < -0.3 is 10.1 Å². The molecule has 0 aromatic carbocycles. The molecule has 0 saturated carbocycles. The Morgan fingerprint density at radius 2 is 2.13 bits per heavy atom. The second-order valence-electron chi connectivity index (χ2n) is 3.24. The predicted octanol–water partition coefficient (Wildman–Crippen LogP) is 2.52. The van der Waals surface area contributed by atoms with Crippen LogP contribution in [0.4, 0.5) is 5.82 Å². The first kappa shape index (κ1) is 12.4. The average molecular weight is 274 g/mol. The Labute approximate surface area is 98.6 Å². The zero-order valence-corrected chi connectivity index (χ0v) is 10.9. The van der Waals surface area contributed by atoms with Gasteiger partial charge in [-0.05, 0) is 29.3 Å². The number of anilines is 1. The summed E-state index contributed by atoms with van der Waals surface area (Å²) in [6.07, 6.45) is 1.06. The molecule has 0 atom stereocenters. The van der Waals surface area contributed by atoms with Crippen LogP contribution in [0.25, 0.3) is 0 Å². The van der Waals surface area contributed by atoms with Crippen LogP contribution in [-0.4, -0.2) is 23.6 Å². The Morgan fingerprint density at radius 1 is 1.40 bits per heavy atom. The van der Waals surface area contributed by atoms with Crippen LogP contribution < -0.4 is 5.32 Å². The summed E-state index contributed by atoms with van der Waals surface area (Å²) in [4.78, 5) is 8.64. The van der Waals surface area contributed by atoms with E-state index in [1.807, 2.05) is 6.92 Å². The lowest BCUT2D eigenvalue weighted by Crippen LogP contribution is -2.07. The van der Waals surface area contributed by atoms with Gasteiger partial charge in [0.15, 0.2) is 0 Å². The van der Waals surface area contributed by atoms with E-state index in [-0.39, 0.29) is 0 Å². The third kappa shape index (κ3) is 3.43. The predicted molar refractivity (Wildman–Crippen MR) is 64.0 cm³/mol. The summed E-state index contributed by atoms with van der Waals surface area (Å²) in [6, 6.07) is 0. The largest absolute Gasteiger partial charge is 0.378 e. The highest BCUT2D eigenvalue weighted by molar-refractivity contribution is 9.10. The van der Waals surface area contributed by atoms with E-state index in [0.717, 1.165) is 34.8 Å². The fourth-order valence-corrected chi connectivity index (χ4v) is 1.64. The Bertz CT molecular complexity index is 331. The molecule has 5 heteroatoms. The van der Waals surface area contributed by atoms with Gasteiger partial charge >= 0.3 is 0 Å². The molecule has 4 nitrogen and oxygen atoms in total. The normalized spacial score (nSPS) is 10.4. The van der Waals surface area contributed by atoms with Crippen molar-refractivity contribution in [3.63, 3.8) is 0 Å². The maximum absolute atomic E-state index is 5.08. The molecule has 0 unspecified atom stereocenters. The Hall–Kier alpha value is -0.680. The van der Waals surface area contributed by atoms with Crippen molar-refractivity contribution in [3.05, 3.63) is 16.0 Å². The van der Waals surface area contributed by atoms with Gasteiger partial charge in [-0.1, -0.05) is 6.92 Å². The van der Waals surface area contributed by atoms with Crippen molar-refractivity contribution in [1.82, 2.24) is 9.97 Å². The molecule has 1 N–H and O–H groups in total. The molecule has 0 saturated heterocycles. The Balaban J connectivity index is 2.93. The third-order valence-electron chi connectivity index (χ3n) is 1.86. The van der Waals surface area contributed by atoms with E-state index in [1.54, 1.807) is 7.11 Å². The number of ether oxygens (including phenoxy) is 1. The molecule has 0 aliphatic carbocycles. The molecule has 0 radical (unpaired) electrons. The quantitative estimate of drug-likeness (QED) is 0.896. The number of aryl methyl sites for hydroxylation is 1. The Kier molecular flexibility index (Phi) is 4.98. The first-order chi connectivity index (χ1) is 7.19. The summed E-state index contributed by atoms with van der Waals surface area (Å²) in [5, 5.41) is 3.25. The first-order valence-corrected chi connectivity index (χ1v) is 5.74. The van der Waals surface area contributed by atoms with Gasteiger partial charge in [0.1, 0.15) is 11.6 Å². The van der Waals surface area contributed by atoms with Gasteiger partial charge in [0.25, 0.3) is 0 Å². The van der Waals surface area contributed by atoms with Gasteiger partial charge in [0.2, 0.25) is 0 Å². The summed E-state index contributed by atoms with van der Waals surface area (Å²) < 4.78 is 5.97. The van der Waals surface area contributed by atoms with E-state index >= 15 is 0 Å². The summed E-state index contributed by atoms with van der Waals surface area (Å²) in [7, 11) is 1.66. The second-order valence-corrected chi connectivity index (χ2v) is 4.03. The van der Waals surface area contributed by atoms with Gasteiger partial charge in [-0.3, -0.25) is 0 Å². The number of nitrogens with one attached hydrogen (secondary N) is 1. The molecule has 0 bridgehead atoms. The zero-order valence-electron chi connectivity index (χ0n) is 9.30. The van der Waals surface area contributed by atoms with E-state index in [1.165, 1.54) is 0 Å². The lowest BCUT2D eigenvalue weighted by molar-refractivity contribution is 0.180. The van der Waals surface area contributed by atoms with Crippen LogP contribution >= 0.6 is 15.9 Å². The number of rotatable bonds is 5. The van der Waals surface area contributed by atoms with Crippen LogP contribution in [0, 0.1) is 6.92 Å². The van der Waals surface area contributed by atoms with Crippen LogP contribution in [0.15, 0.2) is 4.47 Å². The van der Waals surface area contributed by atoms with Gasteiger partial charge in [0, 0.05) is 13.7 Å². The smallest absolute Gasteiger partial charge is 0.144 e. The number of halogens is 1.